The fourth-order valence-electron chi connectivity index (χ4n) is 3.27. The normalized spacial score (nSPS) is 10.9. The minimum absolute atomic E-state index is 0.226. The lowest BCUT2D eigenvalue weighted by Crippen LogP contribution is -2.13. The highest BCUT2D eigenvalue weighted by atomic mass is 32.1. The van der Waals surface area contributed by atoms with Crippen molar-refractivity contribution in [3.05, 3.63) is 88.6 Å². The molecule has 9 heteroatoms. The molecule has 1 aromatic carbocycles. The van der Waals surface area contributed by atoms with E-state index in [2.05, 4.69) is 31.4 Å². The van der Waals surface area contributed by atoms with Gasteiger partial charge in [0.2, 0.25) is 0 Å². The van der Waals surface area contributed by atoms with Crippen molar-refractivity contribution in [1.29, 1.82) is 0 Å². The Morgan fingerprint density at radius 1 is 1.12 bits per heavy atom. The summed E-state index contributed by atoms with van der Waals surface area (Å²) in [6.07, 6.45) is 4.91. The maximum absolute atomic E-state index is 13.1. The molecular formula is C23H18N6O2S. The van der Waals surface area contributed by atoms with Gasteiger partial charge >= 0.3 is 6.01 Å². The number of amides is 1. The van der Waals surface area contributed by atoms with Gasteiger partial charge in [0.15, 0.2) is 5.65 Å². The standard InChI is InChI=1S/C23H18N6O2S/c1-15-12-19(20-13-26-29(21(20)27-15)14-18-4-2-11-32-18)22(30)28-16-5-7-17(8-6-16)31-23-24-9-3-10-25-23/h2-13H,14H2,1H3,(H,28,30). The van der Waals surface area contributed by atoms with Crippen molar-refractivity contribution in [2.24, 2.45) is 0 Å². The number of pyridine rings is 1. The Labute approximate surface area is 187 Å². The van der Waals surface area contributed by atoms with Gasteiger partial charge in [-0.05, 0) is 54.8 Å². The minimum Gasteiger partial charge on any atom is -0.424 e. The van der Waals surface area contributed by atoms with Crippen LogP contribution in [0.3, 0.4) is 0 Å². The van der Waals surface area contributed by atoms with Gasteiger partial charge < -0.3 is 10.1 Å². The minimum atomic E-state index is -0.226. The molecule has 0 saturated carbocycles. The highest BCUT2D eigenvalue weighted by Gasteiger charge is 2.16. The summed E-state index contributed by atoms with van der Waals surface area (Å²) in [6.45, 7) is 2.49. The highest BCUT2D eigenvalue weighted by molar-refractivity contribution is 7.09. The van der Waals surface area contributed by atoms with Crippen LogP contribution in [-0.4, -0.2) is 30.6 Å². The quantitative estimate of drug-likeness (QED) is 0.410. The molecule has 1 N–H and O–H groups in total. The van der Waals surface area contributed by atoms with Crippen LogP contribution >= 0.6 is 11.3 Å². The molecular weight excluding hydrogens is 424 g/mol. The van der Waals surface area contributed by atoms with Gasteiger partial charge in [0.25, 0.3) is 5.91 Å². The van der Waals surface area contributed by atoms with Crippen LogP contribution in [0.25, 0.3) is 11.0 Å². The average molecular weight is 443 g/mol. The van der Waals surface area contributed by atoms with Gasteiger partial charge in [-0.2, -0.15) is 5.10 Å². The Hall–Kier alpha value is -4.11. The Kier molecular flexibility index (Phi) is 5.30. The monoisotopic (exact) mass is 442 g/mol. The Bertz CT molecular complexity index is 1370. The molecule has 4 heterocycles. The third-order valence-electron chi connectivity index (χ3n) is 4.73. The van der Waals surface area contributed by atoms with Crippen LogP contribution in [0.5, 0.6) is 11.8 Å². The second-order valence-electron chi connectivity index (χ2n) is 7.04. The first kappa shape index (κ1) is 19.8. The highest BCUT2D eigenvalue weighted by Crippen LogP contribution is 2.23. The number of carbonyl (C=O) groups is 1. The number of nitrogens with one attached hydrogen (secondary N) is 1. The van der Waals surface area contributed by atoms with E-state index in [0.29, 0.717) is 34.6 Å². The van der Waals surface area contributed by atoms with E-state index in [9.17, 15) is 4.79 Å². The molecule has 0 radical (unpaired) electrons. The van der Waals surface area contributed by atoms with Gasteiger partial charge in [0, 0.05) is 28.7 Å². The third kappa shape index (κ3) is 4.19. The summed E-state index contributed by atoms with van der Waals surface area (Å²) in [6, 6.07) is 14.8. The van der Waals surface area contributed by atoms with E-state index >= 15 is 0 Å². The molecule has 0 aliphatic carbocycles. The smallest absolute Gasteiger partial charge is 0.321 e. The largest absolute Gasteiger partial charge is 0.424 e. The van der Waals surface area contributed by atoms with Gasteiger partial charge in [-0.3, -0.25) is 4.79 Å². The summed E-state index contributed by atoms with van der Waals surface area (Å²) in [7, 11) is 0. The van der Waals surface area contributed by atoms with Crippen molar-refractivity contribution in [3.8, 4) is 11.8 Å². The van der Waals surface area contributed by atoms with Crippen molar-refractivity contribution in [3.63, 3.8) is 0 Å². The molecule has 158 valence electrons. The van der Waals surface area contributed by atoms with E-state index in [4.69, 9.17) is 4.74 Å². The zero-order chi connectivity index (χ0) is 21.9. The summed E-state index contributed by atoms with van der Waals surface area (Å²) in [5, 5.41) is 10.1. The average Bonchev–Trinajstić information content (AvgIpc) is 3.46. The summed E-state index contributed by atoms with van der Waals surface area (Å²) < 4.78 is 7.41. The second-order valence-corrected chi connectivity index (χ2v) is 8.07. The summed E-state index contributed by atoms with van der Waals surface area (Å²) >= 11 is 1.66. The number of benzene rings is 1. The van der Waals surface area contributed by atoms with Crippen LogP contribution in [-0.2, 0) is 6.54 Å². The molecule has 32 heavy (non-hydrogen) atoms. The molecule has 4 aromatic heterocycles. The van der Waals surface area contributed by atoms with Crippen molar-refractivity contribution in [1.82, 2.24) is 24.7 Å². The van der Waals surface area contributed by atoms with Crippen LogP contribution in [0.1, 0.15) is 20.9 Å². The van der Waals surface area contributed by atoms with Gasteiger partial charge in [-0.25, -0.2) is 19.6 Å². The number of aryl methyl sites for hydroxylation is 1. The van der Waals surface area contributed by atoms with Crippen molar-refractivity contribution < 1.29 is 9.53 Å². The summed E-state index contributed by atoms with van der Waals surface area (Å²) in [5.41, 5.74) is 2.62. The number of rotatable bonds is 6. The number of carbonyl (C=O) groups excluding carboxylic acids is 1. The molecule has 0 unspecified atom stereocenters. The Morgan fingerprint density at radius 2 is 1.94 bits per heavy atom. The summed E-state index contributed by atoms with van der Waals surface area (Å²) in [5.74, 6) is 0.349. The number of nitrogens with zero attached hydrogens (tertiary/aromatic N) is 5. The van der Waals surface area contributed by atoms with E-state index in [1.807, 2.05) is 23.1 Å². The van der Waals surface area contributed by atoms with Crippen molar-refractivity contribution in [2.45, 2.75) is 13.5 Å². The van der Waals surface area contributed by atoms with Crippen LogP contribution in [0.15, 0.2) is 72.5 Å². The SMILES string of the molecule is Cc1cc(C(=O)Nc2ccc(Oc3ncccn3)cc2)c2cnn(Cc3cccs3)c2n1. The molecule has 0 aliphatic rings. The zero-order valence-electron chi connectivity index (χ0n) is 17.1. The molecule has 0 aliphatic heterocycles. The molecule has 5 aromatic rings. The summed E-state index contributed by atoms with van der Waals surface area (Å²) in [4.78, 5) is 26.9. The molecule has 0 atom stereocenters. The van der Waals surface area contributed by atoms with Gasteiger partial charge in [0.1, 0.15) is 5.75 Å². The van der Waals surface area contributed by atoms with Crippen LogP contribution in [0.2, 0.25) is 0 Å². The second kappa shape index (κ2) is 8.56. The molecule has 0 saturated heterocycles. The van der Waals surface area contributed by atoms with E-state index in [1.54, 1.807) is 66.3 Å². The first-order chi connectivity index (χ1) is 15.7. The Balaban J connectivity index is 1.36. The van der Waals surface area contributed by atoms with Crippen molar-refractivity contribution in [2.75, 3.05) is 5.32 Å². The number of ether oxygens (including phenoxy) is 1. The number of anilines is 1. The number of fused-ring (bicyclic) bond motifs is 1. The van der Waals surface area contributed by atoms with Gasteiger partial charge in [-0.1, -0.05) is 6.07 Å². The maximum atomic E-state index is 13.1. The van der Waals surface area contributed by atoms with E-state index < -0.39 is 0 Å². The van der Waals surface area contributed by atoms with E-state index in [0.717, 1.165) is 5.69 Å². The predicted octanol–water partition coefficient (Wildman–Crippen LogP) is 4.68. The maximum Gasteiger partial charge on any atom is 0.321 e. The van der Waals surface area contributed by atoms with Gasteiger partial charge in [-0.15, -0.1) is 11.3 Å². The van der Waals surface area contributed by atoms with E-state index in [-0.39, 0.29) is 11.9 Å². The van der Waals surface area contributed by atoms with Crippen LogP contribution in [0.4, 0.5) is 5.69 Å². The van der Waals surface area contributed by atoms with Crippen LogP contribution < -0.4 is 10.1 Å². The van der Waals surface area contributed by atoms with Crippen LogP contribution in [0, 0.1) is 6.92 Å². The van der Waals surface area contributed by atoms with Crippen molar-refractivity contribution >= 4 is 34.0 Å². The first-order valence-corrected chi connectivity index (χ1v) is 10.8. The Morgan fingerprint density at radius 3 is 2.69 bits per heavy atom. The number of hydrogen-bond donors (Lipinski definition) is 1. The first-order valence-electron chi connectivity index (χ1n) is 9.87. The number of thiophene rings is 1. The zero-order valence-corrected chi connectivity index (χ0v) is 17.9. The fourth-order valence-corrected chi connectivity index (χ4v) is 3.96. The molecule has 0 bridgehead atoms. The molecule has 1 amide bonds. The number of aromatic nitrogens is 5. The fraction of sp³-hybridized carbons (Fsp3) is 0.0870. The molecule has 5 rings (SSSR count). The topological polar surface area (TPSA) is 94.8 Å². The lowest BCUT2D eigenvalue weighted by atomic mass is 10.1. The number of hydrogen-bond acceptors (Lipinski definition) is 7. The molecule has 0 spiro atoms. The lowest BCUT2D eigenvalue weighted by molar-refractivity contribution is 0.102. The molecule has 8 nitrogen and oxygen atoms in total. The van der Waals surface area contributed by atoms with E-state index in [1.165, 1.54) is 4.88 Å². The lowest BCUT2D eigenvalue weighted by Gasteiger charge is -2.09. The third-order valence-corrected chi connectivity index (χ3v) is 5.59. The van der Waals surface area contributed by atoms with Gasteiger partial charge in [0.05, 0.1) is 23.7 Å². The predicted molar refractivity (Wildman–Crippen MR) is 122 cm³/mol. The molecule has 0 fully saturated rings.